The van der Waals surface area contributed by atoms with E-state index in [2.05, 4.69) is 16.5 Å². The number of benzene rings is 2. The van der Waals surface area contributed by atoms with Gasteiger partial charge in [-0.1, -0.05) is 47.5 Å². The molecule has 1 amide bonds. The number of fused-ring (bicyclic) bond motifs is 1. The summed E-state index contributed by atoms with van der Waals surface area (Å²) in [6.07, 6.45) is 0.624. The highest BCUT2D eigenvalue weighted by Crippen LogP contribution is 2.41. The van der Waals surface area contributed by atoms with Gasteiger partial charge in [0.15, 0.2) is 0 Å². The number of aromatic amines is 1. The van der Waals surface area contributed by atoms with Crippen molar-refractivity contribution >= 4 is 51.5 Å². The number of ether oxygens (including phenoxy) is 1. The number of rotatable bonds is 4. The van der Waals surface area contributed by atoms with Gasteiger partial charge in [-0.3, -0.25) is 4.79 Å². The summed E-state index contributed by atoms with van der Waals surface area (Å²) in [6.45, 7) is 6.44. The van der Waals surface area contributed by atoms with E-state index in [1.165, 1.54) is 11.3 Å². The molecule has 3 heterocycles. The standard InChI is InChI=1S/C24H20Cl2N4O2S/c1-12-9-19(23-28-17-8-7-14(32-3)10-18(17)29-23)30(11-12)24(31)21-22(33-13(2)27-21)15-5-4-6-16(25)20(15)26/h4-8,10,19H,1,9,11H2,2-3H3,(H,28,29). The third kappa shape index (κ3) is 3.90. The maximum atomic E-state index is 13.8. The Morgan fingerprint density at radius 1 is 1.27 bits per heavy atom. The van der Waals surface area contributed by atoms with Gasteiger partial charge in [-0.2, -0.15) is 0 Å². The second-order valence-corrected chi connectivity index (χ2v) is 9.91. The van der Waals surface area contributed by atoms with Crippen LogP contribution in [0.25, 0.3) is 21.5 Å². The summed E-state index contributed by atoms with van der Waals surface area (Å²) in [6, 6.07) is 10.8. The first-order chi connectivity index (χ1) is 15.9. The van der Waals surface area contributed by atoms with E-state index in [9.17, 15) is 4.79 Å². The average molecular weight is 499 g/mol. The molecule has 1 atom stereocenters. The summed E-state index contributed by atoms with van der Waals surface area (Å²) in [5.74, 6) is 1.26. The van der Waals surface area contributed by atoms with E-state index in [0.717, 1.165) is 27.4 Å². The summed E-state index contributed by atoms with van der Waals surface area (Å²) in [5.41, 5.74) is 3.68. The number of methoxy groups -OCH3 is 1. The Balaban J connectivity index is 1.55. The van der Waals surface area contributed by atoms with Crippen LogP contribution < -0.4 is 4.74 Å². The second kappa shape index (κ2) is 8.48. The normalized spacial score (nSPS) is 16.1. The molecule has 5 rings (SSSR count). The predicted molar refractivity (Wildman–Crippen MR) is 132 cm³/mol. The van der Waals surface area contributed by atoms with E-state index < -0.39 is 0 Å². The predicted octanol–water partition coefficient (Wildman–Crippen LogP) is 6.45. The molecule has 6 nitrogen and oxygen atoms in total. The highest BCUT2D eigenvalue weighted by molar-refractivity contribution is 7.15. The molecule has 1 N–H and O–H groups in total. The van der Waals surface area contributed by atoms with Crippen LogP contribution in [-0.2, 0) is 0 Å². The van der Waals surface area contributed by atoms with Crippen LogP contribution in [0.3, 0.4) is 0 Å². The minimum absolute atomic E-state index is 0.188. The monoisotopic (exact) mass is 498 g/mol. The molecule has 0 radical (unpaired) electrons. The lowest BCUT2D eigenvalue weighted by molar-refractivity contribution is 0.0728. The number of hydrogen-bond donors (Lipinski definition) is 1. The van der Waals surface area contributed by atoms with Gasteiger partial charge in [0.1, 0.15) is 17.3 Å². The molecule has 33 heavy (non-hydrogen) atoms. The van der Waals surface area contributed by atoms with E-state index in [4.69, 9.17) is 32.9 Å². The molecule has 1 unspecified atom stereocenters. The Bertz CT molecular complexity index is 1410. The maximum Gasteiger partial charge on any atom is 0.274 e. The molecule has 1 aliphatic rings. The van der Waals surface area contributed by atoms with Gasteiger partial charge in [0.05, 0.1) is 44.1 Å². The number of aromatic nitrogens is 3. The Hall–Kier alpha value is -2.87. The third-order valence-electron chi connectivity index (χ3n) is 5.67. The largest absolute Gasteiger partial charge is 0.497 e. The fourth-order valence-electron chi connectivity index (χ4n) is 4.12. The van der Waals surface area contributed by atoms with Crippen molar-refractivity contribution in [2.24, 2.45) is 0 Å². The average Bonchev–Trinajstić information content (AvgIpc) is 3.50. The van der Waals surface area contributed by atoms with Gasteiger partial charge in [0, 0.05) is 18.2 Å². The Morgan fingerprint density at radius 2 is 2.09 bits per heavy atom. The van der Waals surface area contributed by atoms with E-state index in [1.54, 1.807) is 18.1 Å². The first-order valence-electron chi connectivity index (χ1n) is 10.3. The van der Waals surface area contributed by atoms with Gasteiger partial charge >= 0.3 is 0 Å². The Labute approximate surface area is 204 Å². The van der Waals surface area contributed by atoms with Crippen molar-refractivity contribution in [1.29, 1.82) is 0 Å². The van der Waals surface area contributed by atoms with Crippen molar-refractivity contribution < 1.29 is 9.53 Å². The number of likely N-dealkylation sites (tertiary alicyclic amines) is 1. The number of hydrogen-bond acceptors (Lipinski definition) is 5. The summed E-state index contributed by atoms with van der Waals surface area (Å²) in [7, 11) is 1.62. The lowest BCUT2D eigenvalue weighted by Gasteiger charge is -2.22. The van der Waals surface area contributed by atoms with Crippen LogP contribution in [0, 0.1) is 6.92 Å². The van der Waals surface area contributed by atoms with E-state index in [-0.39, 0.29) is 11.9 Å². The van der Waals surface area contributed by atoms with Gasteiger partial charge < -0.3 is 14.6 Å². The molecule has 9 heteroatoms. The van der Waals surface area contributed by atoms with Crippen LogP contribution in [0.5, 0.6) is 5.75 Å². The minimum atomic E-state index is -0.270. The molecule has 2 aromatic carbocycles. The Kier molecular flexibility index (Phi) is 5.64. The number of imidazole rings is 1. The first-order valence-corrected chi connectivity index (χ1v) is 11.9. The first kappa shape index (κ1) is 21.9. The van der Waals surface area contributed by atoms with Crippen molar-refractivity contribution in [3.8, 4) is 16.2 Å². The molecule has 0 saturated carbocycles. The zero-order valence-corrected chi connectivity index (χ0v) is 20.3. The number of thiazole rings is 1. The van der Waals surface area contributed by atoms with Crippen LogP contribution in [0.1, 0.15) is 33.8 Å². The summed E-state index contributed by atoms with van der Waals surface area (Å²) >= 11 is 14.1. The zero-order valence-electron chi connectivity index (χ0n) is 18.0. The van der Waals surface area contributed by atoms with E-state index in [1.807, 2.05) is 37.3 Å². The van der Waals surface area contributed by atoms with Gasteiger partial charge in [-0.25, -0.2) is 9.97 Å². The maximum absolute atomic E-state index is 13.8. The topological polar surface area (TPSA) is 71.1 Å². The lowest BCUT2D eigenvalue weighted by atomic mass is 10.1. The summed E-state index contributed by atoms with van der Waals surface area (Å²) in [4.78, 5) is 28.9. The molecule has 2 aromatic heterocycles. The number of nitrogens with zero attached hydrogens (tertiary/aromatic N) is 3. The molecule has 1 fully saturated rings. The van der Waals surface area contributed by atoms with Gasteiger partial charge in [-0.05, 0) is 31.5 Å². The second-order valence-electron chi connectivity index (χ2n) is 7.92. The molecule has 1 aliphatic heterocycles. The molecule has 0 bridgehead atoms. The van der Waals surface area contributed by atoms with Crippen molar-refractivity contribution in [3.63, 3.8) is 0 Å². The number of H-pyrrole nitrogens is 1. The van der Waals surface area contributed by atoms with E-state index in [0.29, 0.717) is 45.0 Å². The highest BCUT2D eigenvalue weighted by Gasteiger charge is 2.37. The SMILES string of the molecule is C=C1CC(c2nc3ccc(OC)cc3[nH]2)N(C(=O)c2nc(C)sc2-c2cccc(Cl)c2Cl)C1. The van der Waals surface area contributed by atoms with Crippen molar-refractivity contribution in [1.82, 2.24) is 19.9 Å². The quantitative estimate of drug-likeness (QED) is 0.328. The highest BCUT2D eigenvalue weighted by atomic mass is 35.5. The van der Waals surface area contributed by atoms with Crippen molar-refractivity contribution in [3.05, 3.63) is 75.1 Å². The molecule has 168 valence electrons. The zero-order chi connectivity index (χ0) is 23.3. The molecular weight excluding hydrogens is 479 g/mol. The van der Waals surface area contributed by atoms with Crippen LogP contribution in [0.15, 0.2) is 48.6 Å². The number of amides is 1. The van der Waals surface area contributed by atoms with Gasteiger partial charge in [-0.15, -0.1) is 11.3 Å². The summed E-state index contributed by atoms with van der Waals surface area (Å²) in [5, 5.41) is 1.61. The lowest BCUT2D eigenvalue weighted by Crippen LogP contribution is -2.31. The molecule has 0 aliphatic carbocycles. The van der Waals surface area contributed by atoms with Crippen LogP contribution >= 0.6 is 34.5 Å². The van der Waals surface area contributed by atoms with E-state index >= 15 is 0 Å². The van der Waals surface area contributed by atoms with Crippen molar-refractivity contribution in [2.75, 3.05) is 13.7 Å². The van der Waals surface area contributed by atoms with Gasteiger partial charge in [0.2, 0.25) is 0 Å². The number of carbonyl (C=O) groups is 1. The number of halogens is 2. The minimum Gasteiger partial charge on any atom is -0.497 e. The number of aryl methyl sites for hydroxylation is 1. The fourth-order valence-corrected chi connectivity index (χ4v) is 5.51. The van der Waals surface area contributed by atoms with Crippen LogP contribution in [-0.4, -0.2) is 39.4 Å². The fraction of sp³-hybridized carbons (Fsp3) is 0.208. The molecular formula is C24H20Cl2N4O2S. The van der Waals surface area contributed by atoms with Crippen LogP contribution in [0.2, 0.25) is 10.0 Å². The number of nitrogens with one attached hydrogen (secondary N) is 1. The summed E-state index contributed by atoms with van der Waals surface area (Å²) < 4.78 is 5.31. The van der Waals surface area contributed by atoms with Gasteiger partial charge in [0.25, 0.3) is 5.91 Å². The molecule has 1 saturated heterocycles. The third-order valence-corrected chi connectivity index (χ3v) is 7.49. The molecule has 4 aromatic rings. The van der Waals surface area contributed by atoms with Crippen molar-refractivity contribution in [2.45, 2.75) is 19.4 Å². The Morgan fingerprint density at radius 3 is 2.88 bits per heavy atom. The smallest absolute Gasteiger partial charge is 0.274 e. The number of carbonyl (C=O) groups excluding carboxylic acids is 1. The van der Waals surface area contributed by atoms with Crippen LogP contribution in [0.4, 0.5) is 0 Å². The molecule has 0 spiro atoms.